The predicted molar refractivity (Wildman–Crippen MR) is 270 cm³/mol. The summed E-state index contributed by atoms with van der Waals surface area (Å²) in [5.74, 6) is -0.428. The van der Waals surface area contributed by atoms with E-state index in [4.69, 9.17) is 14.2 Å². The number of unbranched alkanes of at least 4 members (excludes halogenated alkanes) is 28. The Morgan fingerprint density at radius 2 is 0.758 bits per heavy atom. The second-order valence-electron chi connectivity index (χ2n) is 17.8. The van der Waals surface area contributed by atoms with Crippen LogP contribution in [0.2, 0.25) is 0 Å². The summed E-state index contributed by atoms with van der Waals surface area (Å²) in [6.07, 6.45) is 66.7. The van der Waals surface area contributed by atoms with Crippen molar-refractivity contribution < 1.29 is 23.8 Å². The molecule has 62 heavy (non-hydrogen) atoms. The van der Waals surface area contributed by atoms with E-state index in [1.165, 1.54) is 154 Å². The largest absolute Gasteiger partial charge is 0.462 e. The van der Waals surface area contributed by atoms with Crippen LogP contribution in [0, 0.1) is 0 Å². The van der Waals surface area contributed by atoms with Gasteiger partial charge in [0.1, 0.15) is 6.61 Å². The van der Waals surface area contributed by atoms with Gasteiger partial charge in [0.25, 0.3) is 0 Å². The molecular weight excluding hydrogens is 765 g/mol. The van der Waals surface area contributed by atoms with Crippen LogP contribution in [-0.2, 0) is 23.8 Å². The Morgan fingerprint density at radius 3 is 1.24 bits per heavy atom. The minimum atomic E-state index is -0.555. The highest BCUT2D eigenvalue weighted by Crippen LogP contribution is 2.16. The van der Waals surface area contributed by atoms with E-state index < -0.39 is 6.10 Å². The molecule has 0 fully saturated rings. The highest BCUT2D eigenvalue weighted by Gasteiger charge is 2.17. The first-order valence-corrected chi connectivity index (χ1v) is 26.8. The summed E-state index contributed by atoms with van der Waals surface area (Å²) < 4.78 is 17.4. The minimum Gasteiger partial charge on any atom is -0.462 e. The van der Waals surface area contributed by atoms with E-state index >= 15 is 0 Å². The average Bonchev–Trinajstić information content (AvgIpc) is 3.27. The van der Waals surface area contributed by atoms with Gasteiger partial charge in [-0.05, 0) is 77.0 Å². The second kappa shape index (κ2) is 52.9. The Kier molecular flexibility index (Phi) is 50.9. The number of carbonyl (C=O) groups excluding carboxylic acids is 2. The van der Waals surface area contributed by atoms with Gasteiger partial charge < -0.3 is 14.2 Å². The van der Waals surface area contributed by atoms with Gasteiger partial charge in [0, 0.05) is 19.4 Å². The van der Waals surface area contributed by atoms with Crippen LogP contribution in [0.1, 0.15) is 265 Å². The standard InChI is InChI=1S/C57H102O5/c1-4-7-10-13-16-19-22-25-27-28-29-30-31-33-35-38-41-44-47-50-56(58)61-54-55(53-60-52-49-46-43-40-37-34-26-23-20-17-14-11-8-5-2)62-57(59)51-48-45-42-39-36-32-24-21-18-15-12-9-6-3/h9,11-12,14,18,20-21,23,32,36,55H,4-8,10,13,15-17,19,22,24-31,33-35,37-54H2,1-3H3/b12-9-,14-11-,21-18-,23-20-,36-32-. The molecule has 0 amide bonds. The third-order valence-electron chi connectivity index (χ3n) is 11.5. The van der Waals surface area contributed by atoms with Crippen LogP contribution in [-0.4, -0.2) is 37.9 Å². The van der Waals surface area contributed by atoms with Crippen molar-refractivity contribution in [1.29, 1.82) is 0 Å². The Labute approximate surface area is 385 Å². The number of rotatable bonds is 49. The summed E-state index contributed by atoms with van der Waals surface area (Å²) in [5, 5.41) is 0. The van der Waals surface area contributed by atoms with Crippen LogP contribution in [0.25, 0.3) is 0 Å². The van der Waals surface area contributed by atoms with E-state index in [0.717, 1.165) is 77.0 Å². The molecular formula is C57H102O5. The summed E-state index contributed by atoms with van der Waals surface area (Å²) in [5.41, 5.74) is 0. The van der Waals surface area contributed by atoms with Gasteiger partial charge in [0.15, 0.2) is 6.10 Å². The molecule has 0 bridgehead atoms. The molecule has 0 aromatic heterocycles. The molecule has 5 heteroatoms. The topological polar surface area (TPSA) is 61.8 Å². The first-order valence-electron chi connectivity index (χ1n) is 26.8. The van der Waals surface area contributed by atoms with Crippen molar-refractivity contribution in [3.8, 4) is 0 Å². The van der Waals surface area contributed by atoms with Gasteiger partial charge >= 0.3 is 11.9 Å². The molecule has 0 aliphatic carbocycles. The van der Waals surface area contributed by atoms with E-state index in [1.807, 2.05) is 0 Å². The van der Waals surface area contributed by atoms with Crippen LogP contribution in [0.5, 0.6) is 0 Å². The number of carbonyl (C=O) groups is 2. The molecule has 360 valence electrons. The first-order chi connectivity index (χ1) is 30.6. The van der Waals surface area contributed by atoms with Gasteiger partial charge in [-0.3, -0.25) is 9.59 Å². The Morgan fingerprint density at radius 1 is 0.371 bits per heavy atom. The summed E-state index contributed by atoms with van der Waals surface area (Å²) in [6.45, 7) is 7.63. The van der Waals surface area contributed by atoms with E-state index in [-0.39, 0.29) is 25.2 Å². The minimum absolute atomic E-state index is 0.0707. The van der Waals surface area contributed by atoms with Gasteiger partial charge in [-0.25, -0.2) is 0 Å². The van der Waals surface area contributed by atoms with E-state index in [2.05, 4.69) is 81.5 Å². The van der Waals surface area contributed by atoms with Gasteiger partial charge in [-0.1, -0.05) is 236 Å². The lowest BCUT2D eigenvalue weighted by Crippen LogP contribution is -2.30. The molecule has 0 heterocycles. The van der Waals surface area contributed by atoms with Gasteiger partial charge in [-0.15, -0.1) is 0 Å². The van der Waals surface area contributed by atoms with E-state index in [9.17, 15) is 9.59 Å². The Balaban J connectivity index is 4.24. The highest BCUT2D eigenvalue weighted by molar-refractivity contribution is 5.70. The molecule has 1 unspecified atom stereocenters. The molecule has 0 saturated heterocycles. The zero-order chi connectivity index (χ0) is 44.9. The summed E-state index contributed by atoms with van der Waals surface area (Å²) in [7, 11) is 0. The van der Waals surface area contributed by atoms with Gasteiger partial charge in [0.2, 0.25) is 0 Å². The van der Waals surface area contributed by atoms with Crippen molar-refractivity contribution in [3.63, 3.8) is 0 Å². The molecule has 0 saturated carbocycles. The zero-order valence-corrected chi connectivity index (χ0v) is 41.4. The third-order valence-corrected chi connectivity index (χ3v) is 11.5. The molecule has 0 aromatic rings. The number of allylic oxidation sites excluding steroid dienone is 10. The Hall–Kier alpha value is -2.40. The maximum absolute atomic E-state index is 12.8. The summed E-state index contributed by atoms with van der Waals surface area (Å²) in [6, 6.07) is 0. The quantitative estimate of drug-likeness (QED) is 0.0346. The van der Waals surface area contributed by atoms with E-state index in [0.29, 0.717) is 19.4 Å². The highest BCUT2D eigenvalue weighted by atomic mass is 16.6. The SMILES string of the molecule is CC/C=C\C/C=C\C/C=C\CCCCCC(=O)OC(COCCCCCCCC/C=C\C/C=C\CCC)COC(=O)CCCCCCCCCCCCCCCCCCCCC. The lowest BCUT2D eigenvalue weighted by atomic mass is 10.0. The van der Waals surface area contributed by atoms with Crippen LogP contribution >= 0.6 is 0 Å². The lowest BCUT2D eigenvalue weighted by molar-refractivity contribution is -0.163. The number of hydrogen-bond acceptors (Lipinski definition) is 5. The van der Waals surface area contributed by atoms with E-state index in [1.54, 1.807) is 0 Å². The van der Waals surface area contributed by atoms with Gasteiger partial charge in [-0.2, -0.15) is 0 Å². The fourth-order valence-corrected chi connectivity index (χ4v) is 7.56. The van der Waals surface area contributed by atoms with Crippen molar-refractivity contribution in [2.45, 2.75) is 271 Å². The number of esters is 2. The molecule has 5 nitrogen and oxygen atoms in total. The molecule has 1 atom stereocenters. The van der Waals surface area contributed by atoms with Crippen LogP contribution in [0.3, 0.4) is 0 Å². The second-order valence-corrected chi connectivity index (χ2v) is 17.8. The molecule has 0 spiro atoms. The van der Waals surface area contributed by atoms with Crippen molar-refractivity contribution in [1.82, 2.24) is 0 Å². The van der Waals surface area contributed by atoms with Crippen LogP contribution in [0.4, 0.5) is 0 Å². The molecule has 0 radical (unpaired) electrons. The molecule has 0 aliphatic heterocycles. The third kappa shape index (κ3) is 50.2. The summed E-state index contributed by atoms with van der Waals surface area (Å²) >= 11 is 0. The maximum atomic E-state index is 12.8. The maximum Gasteiger partial charge on any atom is 0.306 e. The first kappa shape index (κ1) is 59.6. The predicted octanol–water partition coefficient (Wildman–Crippen LogP) is 18.1. The average molecular weight is 867 g/mol. The normalized spacial score (nSPS) is 12.6. The zero-order valence-electron chi connectivity index (χ0n) is 41.4. The molecule has 0 rings (SSSR count). The van der Waals surface area contributed by atoms with Crippen molar-refractivity contribution >= 4 is 11.9 Å². The molecule has 0 N–H and O–H groups in total. The lowest BCUT2D eigenvalue weighted by Gasteiger charge is -2.18. The smallest absolute Gasteiger partial charge is 0.306 e. The van der Waals surface area contributed by atoms with Gasteiger partial charge in [0.05, 0.1) is 6.61 Å². The van der Waals surface area contributed by atoms with Crippen molar-refractivity contribution in [2.75, 3.05) is 19.8 Å². The fraction of sp³-hybridized carbons (Fsp3) is 0.789. The monoisotopic (exact) mass is 867 g/mol. The van der Waals surface area contributed by atoms with Crippen molar-refractivity contribution in [3.05, 3.63) is 60.8 Å². The van der Waals surface area contributed by atoms with Crippen LogP contribution in [0.15, 0.2) is 60.8 Å². The Bertz CT molecular complexity index is 1070. The fourth-order valence-electron chi connectivity index (χ4n) is 7.56. The molecule has 0 aliphatic rings. The molecule has 0 aromatic carbocycles. The van der Waals surface area contributed by atoms with Crippen LogP contribution < -0.4 is 0 Å². The number of hydrogen-bond donors (Lipinski definition) is 0. The number of ether oxygens (including phenoxy) is 3. The summed E-state index contributed by atoms with van der Waals surface area (Å²) in [4.78, 5) is 25.4. The van der Waals surface area contributed by atoms with Crippen molar-refractivity contribution in [2.24, 2.45) is 0 Å².